The molecule has 82 valence electrons. The molecule has 1 saturated heterocycles. The Morgan fingerprint density at radius 2 is 1.86 bits per heavy atom. The highest BCUT2D eigenvalue weighted by Crippen LogP contribution is 2.14. The van der Waals surface area contributed by atoms with Crippen LogP contribution >= 0.6 is 0 Å². The number of hydrogen-bond acceptors (Lipinski definition) is 3. The lowest BCUT2D eigenvalue weighted by Crippen LogP contribution is -2.28. The fourth-order valence-corrected chi connectivity index (χ4v) is 1.79. The van der Waals surface area contributed by atoms with E-state index in [9.17, 15) is 5.11 Å². The van der Waals surface area contributed by atoms with Gasteiger partial charge in [0, 0.05) is 0 Å². The molecule has 0 radical (unpaired) electrons. The van der Waals surface area contributed by atoms with Crippen molar-refractivity contribution in [1.29, 1.82) is 0 Å². The van der Waals surface area contributed by atoms with Crippen molar-refractivity contribution >= 4 is 0 Å². The van der Waals surface area contributed by atoms with Crippen LogP contribution in [0, 0.1) is 0 Å². The molecule has 1 aliphatic heterocycles. The van der Waals surface area contributed by atoms with Gasteiger partial charge < -0.3 is 10.4 Å². The highest BCUT2D eigenvalue weighted by atomic mass is 16.3. The molecule has 0 aliphatic carbocycles. The Hall–Kier alpha value is -0.540. The van der Waals surface area contributed by atoms with Crippen LogP contribution in [0.3, 0.4) is 0 Å². The summed E-state index contributed by atoms with van der Waals surface area (Å²) in [7, 11) is 0. The second-order valence-corrected chi connectivity index (χ2v) is 3.76. The third-order valence-corrected chi connectivity index (χ3v) is 2.88. The van der Waals surface area contributed by atoms with Gasteiger partial charge in [-0.05, 0) is 44.6 Å². The van der Waals surface area contributed by atoms with Crippen molar-refractivity contribution in [3.63, 3.8) is 0 Å². The predicted molar refractivity (Wildman–Crippen MR) is 59.5 cm³/mol. The van der Waals surface area contributed by atoms with E-state index >= 15 is 0 Å². The zero-order valence-electron chi connectivity index (χ0n) is 9.34. The van der Waals surface area contributed by atoms with Crippen molar-refractivity contribution in [3.8, 4) is 0 Å². The highest BCUT2D eigenvalue weighted by molar-refractivity contribution is 5.11. The van der Waals surface area contributed by atoms with Crippen molar-refractivity contribution in [3.05, 3.63) is 11.3 Å². The fraction of sp³-hybridized carbons (Fsp3) is 0.818. The van der Waals surface area contributed by atoms with Gasteiger partial charge in [-0.15, -0.1) is 0 Å². The van der Waals surface area contributed by atoms with E-state index in [4.69, 9.17) is 0 Å². The van der Waals surface area contributed by atoms with Crippen LogP contribution < -0.4 is 5.32 Å². The molecule has 3 heteroatoms. The van der Waals surface area contributed by atoms with Crippen molar-refractivity contribution in [1.82, 2.24) is 10.2 Å². The zero-order valence-corrected chi connectivity index (χ0v) is 9.34. The van der Waals surface area contributed by atoms with Gasteiger partial charge >= 0.3 is 0 Å². The van der Waals surface area contributed by atoms with Gasteiger partial charge in [-0.3, -0.25) is 4.90 Å². The number of hydrogen-bond donors (Lipinski definition) is 2. The van der Waals surface area contributed by atoms with Crippen LogP contribution in [0.15, 0.2) is 11.3 Å². The third-order valence-electron chi connectivity index (χ3n) is 2.88. The Morgan fingerprint density at radius 1 is 1.29 bits per heavy atom. The first kappa shape index (κ1) is 11.5. The summed E-state index contributed by atoms with van der Waals surface area (Å²) in [6, 6.07) is 0. The molecule has 0 atom stereocenters. The molecule has 1 heterocycles. The lowest BCUT2D eigenvalue weighted by Gasteiger charge is -2.21. The molecule has 0 bridgehead atoms. The van der Waals surface area contributed by atoms with Gasteiger partial charge in [0.1, 0.15) is 5.76 Å². The van der Waals surface area contributed by atoms with Crippen molar-refractivity contribution in [2.45, 2.75) is 26.7 Å². The Bertz CT molecular complexity index is 189. The van der Waals surface area contributed by atoms with Gasteiger partial charge in [-0.2, -0.15) is 0 Å². The SMILES string of the molecule is CCN(CC)CC(O)=C1CCNCC1. The molecule has 1 rings (SSSR count). The number of aliphatic hydroxyl groups is 1. The number of rotatable bonds is 4. The summed E-state index contributed by atoms with van der Waals surface area (Å²) in [6.07, 6.45) is 2.01. The molecular formula is C11H22N2O. The number of likely N-dealkylation sites (N-methyl/N-ethyl adjacent to an activating group) is 1. The summed E-state index contributed by atoms with van der Waals surface area (Å²) >= 11 is 0. The van der Waals surface area contributed by atoms with Crippen LogP contribution in [-0.4, -0.2) is 42.7 Å². The van der Waals surface area contributed by atoms with Crippen LogP contribution in [0.25, 0.3) is 0 Å². The van der Waals surface area contributed by atoms with Crippen LogP contribution in [0.2, 0.25) is 0 Å². The zero-order chi connectivity index (χ0) is 10.4. The molecule has 0 saturated carbocycles. The van der Waals surface area contributed by atoms with E-state index in [-0.39, 0.29) is 0 Å². The minimum atomic E-state index is 0.607. The Kier molecular flexibility index (Phi) is 4.98. The largest absolute Gasteiger partial charge is 0.511 e. The summed E-state index contributed by atoms with van der Waals surface area (Å²) in [6.45, 7) is 9.02. The van der Waals surface area contributed by atoms with Gasteiger partial charge in [0.05, 0.1) is 6.54 Å². The molecule has 1 fully saturated rings. The summed E-state index contributed by atoms with van der Waals surface area (Å²) in [4.78, 5) is 2.24. The second kappa shape index (κ2) is 6.04. The molecule has 1 aliphatic rings. The molecular weight excluding hydrogens is 176 g/mol. The number of nitrogens with zero attached hydrogens (tertiary/aromatic N) is 1. The van der Waals surface area contributed by atoms with E-state index in [0.29, 0.717) is 5.76 Å². The molecule has 14 heavy (non-hydrogen) atoms. The molecule has 0 spiro atoms. The highest BCUT2D eigenvalue weighted by Gasteiger charge is 2.11. The molecule has 0 aromatic carbocycles. The number of nitrogens with one attached hydrogen (secondary N) is 1. The minimum Gasteiger partial charge on any atom is -0.511 e. The average Bonchev–Trinajstić information content (AvgIpc) is 2.26. The van der Waals surface area contributed by atoms with Crippen LogP contribution in [-0.2, 0) is 0 Å². The number of piperidine rings is 1. The van der Waals surface area contributed by atoms with Crippen molar-refractivity contribution in [2.24, 2.45) is 0 Å². The molecule has 0 amide bonds. The quantitative estimate of drug-likeness (QED) is 0.672. The number of aliphatic hydroxyl groups excluding tert-OH is 1. The average molecular weight is 198 g/mol. The first-order valence-corrected chi connectivity index (χ1v) is 5.60. The van der Waals surface area contributed by atoms with E-state index in [1.807, 2.05) is 0 Å². The van der Waals surface area contributed by atoms with E-state index in [1.165, 1.54) is 5.57 Å². The Balaban J connectivity index is 2.48. The van der Waals surface area contributed by atoms with Gasteiger partial charge in [0.2, 0.25) is 0 Å². The lowest BCUT2D eigenvalue weighted by atomic mass is 10.0. The van der Waals surface area contributed by atoms with Crippen LogP contribution in [0.5, 0.6) is 0 Å². The molecule has 3 nitrogen and oxygen atoms in total. The molecule has 0 unspecified atom stereocenters. The Morgan fingerprint density at radius 3 is 2.36 bits per heavy atom. The second-order valence-electron chi connectivity index (χ2n) is 3.76. The van der Waals surface area contributed by atoms with Gasteiger partial charge in [-0.1, -0.05) is 13.8 Å². The first-order valence-electron chi connectivity index (χ1n) is 5.60. The minimum absolute atomic E-state index is 0.607. The maximum Gasteiger partial charge on any atom is 0.106 e. The summed E-state index contributed by atoms with van der Waals surface area (Å²) in [5, 5.41) is 13.2. The van der Waals surface area contributed by atoms with E-state index in [0.717, 1.165) is 45.6 Å². The lowest BCUT2D eigenvalue weighted by molar-refractivity contribution is 0.263. The van der Waals surface area contributed by atoms with Crippen molar-refractivity contribution in [2.75, 3.05) is 32.7 Å². The maximum atomic E-state index is 9.92. The van der Waals surface area contributed by atoms with E-state index < -0.39 is 0 Å². The monoisotopic (exact) mass is 198 g/mol. The predicted octanol–water partition coefficient (Wildman–Crippen LogP) is 1.52. The van der Waals surface area contributed by atoms with Gasteiger partial charge in [0.25, 0.3) is 0 Å². The van der Waals surface area contributed by atoms with E-state index in [1.54, 1.807) is 0 Å². The van der Waals surface area contributed by atoms with Crippen LogP contribution in [0.4, 0.5) is 0 Å². The smallest absolute Gasteiger partial charge is 0.106 e. The summed E-state index contributed by atoms with van der Waals surface area (Å²) in [5.41, 5.74) is 1.25. The maximum absolute atomic E-state index is 9.92. The Labute approximate surface area is 86.8 Å². The van der Waals surface area contributed by atoms with E-state index in [2.05, 4.69) is 24.1 Å². The van der Waals surface area contributed by atoms with Gasteiger partial charge in [-0.25, -0.2) is 0 Å². The van der Waals surface area contributed by atoms with Crippen molar-refractivity contribution < 1.29 is 5.11 Å². The van der Waals surface area contributed by atoms with Crippen LogP contribution in [0.1, 0.15) is 26.7 Å². The topological polar surface area (TPSA) is 35.5 Å². The molecule has 0 aromatic heterocycles. The standard InChI is InChI=1S/C11H22N2O/c1-3-13(4-2)9-11(14)10-5-7-12-8-6-10/h12,14H,3-9H2,1-2H3. The third kappa shape index (κ3) is 3.31. The van der Waals surface area contributed by atoms with Gasteiger partial charge in [0.15, 0.2) is 0 Å². The molecule has 0 aromatic rings. The fourth-order valence-electron chi connectivity index (χ4n) is 1.79. The molecule has 2 N–H and O–H groups in total. The summed E-state index contributed by atoms with van der Waals surface area (Å²) < 4.78 is 0. The summed E-state index contributed by atoms with van der Waals surface area (Å²) in [5.74, 6) is 0.607. The first-order chi connectivity index (χ1) is 6.77. The normalized spacial score (nSPS) is 17.5.